The molecule has 1 fully saturated rings. The standard InChI is InChI=1S/C13H17NO2/c1-10-3-2-4-11(7-10)5-6-13(15)14-12-8-16-9-12/h2-4,7,12H,5-6,8-9H2,1H3,(H,14,15). The molecular weight excluding hydrogens is 202 g/mol. The Morgan fingerprint density at radius 3 is 2.94 bits per heavy atom. The quantitative estimate of drug-likeness (QED) is 0.832. The molecule has 1 aromatic carbocycles. The summed E-state index contributed by atoms with van der Waals surface area (Å²) in [5.74, 6) is 0.120. The Bertz CT molecular complexity index is 372. The first-order chi connectivity index (χ1) is 7.74. The van der Waals surface area contributed by atoms with Crippen LogP contribution in [0, 0.1) is 6.92 Å². The molecule has 1 aromatic rings. The zero-order valence-electron chi connectivity index (χ0n) is 9.53. The Balaban J connectivity index is 1.75. The molecule has 0 radical (unpaired) electrons. The van der Waals surface area contributed by atoms with Crippen molar-refractivity contribution < 1.29 is 9.53 Å². The maximum absolute atomic E-state index is 11.5. The lowest BCUT2D eigenvalue weighted by atomic mass is 10.1. The van der Waals surface area contributed by atoms with Crippen LogP contribution in [0.3, 0.4) is 0 Å². The van der Waals surface area contributed by atoms with E-state index in [1.807, 2.05) is 6.07 Å². The lowest BCUT2D eigenvalue weighted by Gasteiger charge is -2.26. The number of ether oxygens (including phenoxy) is 1. The summed E-state index contributed by atoms with van der Waals surface area (Å²) in [4.78, 5) is 11.5. The van der Waals surface area contributed by atoms with Gasteiger partial charge in [0.1, 0.15) is 0 Å². The summed E-state index contributed by atoms with van der Waals surface area (Å²) in [6.07, 6.45) is 1.36. The number of aryl methyl sites for hydroxylation is 2. The second kappa shape index (κ2) is 5.12. The maximum atomic E-state index is 11.5. The summed E-state index contributed by atoms with van der Waals surface area (Å²) in [7, 11) is 0. The van der Waals surface area contributed by atoms with Crippen LogP contribution in [0.1, 0.15) is 17.5 Å². The van der Waals surface area contributed by atoms with E-state index < -0.39 is 0 Å². The number of amides is 1. The molecule has 1 aliphatic rings. The molecule has 0 bridgehead atoms. The van der Waals surface area contributed by atoms with E-state index in [0.717, 1.165) is 6.42 Å². The molecule has 0 spiro atoms. The molecule has 0 unspecified atom stereocenters. The van der Waals surface area contributed by atoms with E-state index in [-0.39, 0.29) is 11.9 Å². The van der Waals surface area contributed by atoms with E-state index in [1.54, 1.807) is 0 Å². The number of nitrogens with one attached hydrogen (secondary N) is 1. The topological polar surface area (TPSA) is 38.3 Å². The predicted molar refractivity (Wildman–Crippen MR) is 62.2 cm³/mol. The second-order valence-electron chi connectivity index (χ2n) is 4.29. The van der Waals surface area contributed by atoms with Crippen LogP contribution >= 0.6 is 0 Å². The molecule has 1 aliphatic heterocycles. The van der Waals surface area contributed by atoms with Crippen molar-refractivity contribution in [3.05, 3.63) is 35.4 Å². The van der Waals surface area contributed by atoms with Gasteiger partial charge in [0, 0.05) is 6.42 Å². The molecule has 2 rings (SSSR count). The third-order valence-corrected chi connectivity index (χ3v) is 2.73. The highest BCUT2D eigenvalue weighted by molar-refractivity contribution is 5.76. The summed E-state index contributed by atoms with van der Waals surface area (Å²) in [5.41, 5.74) is 2.46. The first-order valence-electron chi connectivity index (χ1n) is 5.67. The second-order valence-corrected chi connectivity index (χ2v) is 4.29. The SMILES string of the molecule is Cc1cccc(CCC(=O)NC2COC2)c1. The van der Waals surface area contributed by atoms with Gasteiger partial charge in [-0.3, -0.25) is 4.79 Å². The molecule has 1 N–H and O–H groups in total. The fraction of sp³-hybridized carbons (Fsp3) is 0.462. The van der Waals surface area contributed by atoms with Crippen LogP contribution in [0.25, 0.3) is 0 Å². The van der Waals surface area contributed by atoms with Crippen LogP contribution in [-0.2, 0) is 16.0 Å². The smallest absolute Gasteiger partial charge is 0.220 e. The molecule has 0 aliphatic carbocycles. The molecule has 0 atom stereocenters. The summed E-state index contributed by atoms with van der Waals surface area (Å²) >= 11 is 0. The zero-order chi connectivity index (χ0) is 11.4. The molecule has 3 heteroatoms. The van der Waals surface area contributed by atoms with Gasteiger partial charge in [-0.05, 0) is 18.9 Å². The summed E-state index contributed by atoms with van der Waals surface area (Å²) in [6, 6.07) is 8.52. The van der Waals surface area contributed by atoms with Gasteiger partial charge in [0.15, 0.2) is 0 Å². The van der Waals surface area contributed by atoms with Crippen molar-refractivity contribution in [1.82, 2.24) is 5.32 Å². The molecule has 0 aromatic heterocycles. The van der Waals surface area contributed by atoms with Gasteiger partial charge in [0.05, 0.1) is 19.3 Å². The highest BCUT2D eigenvalue weighted by atomic mass is 16.5. The number of carbonyl (C=O) groups is 1. The van der Waals surface area contributed by atoms with Gasteiger partial charge >= 0.3 is 0 Å². The summed E-state index contributed by atoms with van der Waals surface area (Å²) < 4.78 is 5.00. The van der Waals surface area contributed by atoms with E-state index in [0.29, 0.717) is 19.6 Å². The largest absolute Gasteiger partial charge is 0.377 e. The van der Waals surface area contributed by atoms with E-state index in [1.165, 1.54) is 11.1 Å². The van der Waals surface area contributed by atoms with Crippen molar-refractivity contribution in [2.45, 2.75) is 25.8 Å². The predicted octanol–water partition coefficient (Wildman–Crippen LogP) is 1.44. The monoisotopic (exact) mass is 219 g/mol. The van der Waals surface area contributed by atoms with Gasteiger partial charge in [-0.15, -0.1) is 0 Å². The first kappa shape index (κ1) is 11.1. The number of hydrogen-bond acceptors (Lipinski definition) is 2. The fourth-order valence-corrected chi connectivity index (χ4v) is 1.74. The number of rotatable bonds is 4. The van der Waals surface area contributed by atoms with E-state index in [4.69, 9.17) is 4.74 Å². The first-order valence-corrected chi connectivity index (χ1v) is 5.67. The van der Waals surface area contributed by atoms with Crippen LogP contribution in [0.15, 0.2) is 24.3 Å². The average Bonchev–Trinajstić information content (AvgIpc) is 2.21. The molecular formula is C13H17NO2. The highest BCUT2D eigenvalue weighted by Gasteiger charge is 2.19. The molecule has 3 nitrogen and oxygen atoms in total. The van der Waals surface area contributed by atoms with Crippen LogP contribution in [0.5, 0.6) is 0 Å². The lowest BCUT2D eigenvalue weighted by Crippen LogP contribution is -2.48. The van der Waals surface area contributed by atoms with Crippen molar-refractivity contribution in [2.24, 2.45) is 0 Å². The zero-order valence-corrected chi connectivity index (χ0v) is 9.53. The number of carbonyl (C=O) groups excluding carboxylic acids is 1. The third-order valence-electron chi connectivity index (χ3n) is 2.73. The average molecular weight is 219 g/mol. The van der Waals surface area contributed by atoms with Gasteiger partial charge in [0.2, 0.25) is 5.91 Å². The van der Waals surface area contributed by atoms with Gasteiger partial charge in [-0.25, -0.2) is 0 Å². The molecule has 1 saturated heterocycles. The Hall–Kier alpha value is -1.35. The normalized spacial score (nSPS) is 15.6. The van der Waals surface area contributed by atoms with E-state index in [2.05, 4.69) is 30.4 Å². The van der Waals surface area contributed by atoms with E-state index >= 15 is 0 Å². The fourth-order valence-electron chi connectivity index (χ4n) is 1.74. The molecule has 1 heterocycles. The molecule has 0 saturated carbocycles. The van der Waals surface area contributed by atoms with Gasteiger partial charge < -0.3 is 10.1 Å². The Kier molecular flexibility index (Phi) is 3.57. The Morgan fingerprint density at radius 2 is 2.31 bits per heavy atom. The van der Waals surface area contributed by atoms with Crippen molar-refractivity contribution >= 4 is 5.91 Å². The van der Waals surface area contributed by atoms with Crippen LogP contribution in [0.4, 0.5) is 0 Å². The highest BCUT2D eigenvalue weighted by Crippen LogP contribution is 2.07. The number of hydrogen-bond donors (Lipinski definition) is 1. The minimum atomic E-state index is 0.120. The maximum Gasteiger partial charge on any atom is 0.220 e. The lowest BCUT2D eigenvalue weighted by molar-refractivity contribution is -0.125. The number of benzene rings is 1. The van der Waals surface area contributed by atoms with Gasteiger partial charge in [-0.1, -0.05) is 29.8 Å². The molecule has 16 heavy (non-hydrogen) atoms. The van der Waals surface area contributed by atoms with Crippen LogP contribution in [-0.4, -0.2) is 25.2 Å². The van der Waals surface area contributed by atoms with Crippen molar-refractivity contribution in [3.63, 3.8) is 0 Å². The summed E-state index contributed by atoms with van der Waals surface area (Å²) in [5, 5.41) is 2.94. The van der Waals surface area contributed by atoms with Gasteiger partial charge in [-0.2, -0.15) is 0 Å². The molecule has 86 valence electrons. The Labute approximate surface area is 95.8 Å². The van der Waals surface area contributed by atoms with Crippen LogP contribution < -0.4 is 5.32 Å². The van der Waals surface area contributed by atoms with Gasteiger partial charge in [0.25, 0.3) is 0 Å². The minimum absolute atomic E-state index is 0.120. The van der Waals surface area contributed by atoms with Crippen LogP contribution in [0.2, 0.25) is 0 Å². The van der Waals surface area contributed by atoms with Crippen molar-refractivity contribution in [2.75, 3.05) is 13.2 Å². The molecule has 1 amide bonds. The minimum Gasteiger partial charge on any atom is -0.377 e. The van der Waals surface area contributed by atoms with E-state index in [9.17, 15) is 4.79 Å². The third kappa shape index (κ3) is 3.07. The summed E-state index contributed by atoms with van der Waals surface area (Å²) in [6.45, 7) is 3.39. The van der Waals surface area contributed by atoms with Crippen molar-refractivity contribution in [3.8, 4) is 0 Å². The Morgan fingerprint density at radius 1 is 1.50 bits per heavy atom. The van der Waals surface area contributed by atoms with Crippen molar-refractivity contribution in [1.29, 1.82) is 0 Å².